The predicted molar refractivity (Wildman–Crippen MR) is 66.9 cm³/mol. The molecule has 1 aromatic heterocycles. The van der Waals surface area contributed by atoms with Crippen LogP contribution in [-0.4, -0.2) is 31.6 Å². The van der Waals surface area contributed by atoms with E-state index in [-0.39, 0.29) is 5.97 Å². The van der Waals surface area contributed by atoms with E-state index in [1.807, 2.05) is 12.1 Å². The fourth-order valence-corrected chi connectivity index (χ4v) is 2.45. The number of hydrogen-bond donors (Lipinski definition) is 0. The lowest BCUT2D eigenvalue weighted by Gasteiger charge is -2.14. The quantitative estimate of drug-likeness (QED) is 0.717. The van der Waals surface area contributed by atoms with Gasteiger partial charge in [-0.1, -0.05) is 13.3 Å². The van der Waals surface area contributed by atoms with Gasteiger partial charge in [0.15, 0.2) is 0 Å². The van der Waals surface area contributed by atoms with Gasteiger partial charge >= 0.3 is 5.97 Å². The summed E-state index contributed by atoms with van der Waals surface area (Å²) < 4.78 is 4.68. The van der Waals surface area contributed by atoms with E-state index >= 15 is 0 Å². The number of nitrogens with zero attached hydrogens (tertiary/aromatic N) is 1. The highest BCUT2D eigenvalue weighted by molar-refractivity contribution is 7.13. The lowest BCUT2D eigenvalue weighted by Crippen LogP contribution is -2.18. The van der Waals surface area contributed by atoms with Gasteiger partial charge in [0.05, 0.1) is 7.11 Å². The van der Waals surface area contributed by atoms with Crippen molar-refractivity contribution < 1.29 is 9.53 Å². The van der Waals surface area contributed by atoms with E-state index in [0.29, 0.717) is 4.88 Å². The third-order valence-corrected chi connectivity index (χ3v) is 3.42. The molecule has 0 unspecified atom stereocenters. The molecule has 0 fully saturated rings. The van der Waals surface area contributed by atoms with Crippen LogP contribution in [0.5, 0.6) is 0 Å². The molecule has 0 aliphatic rings. The van der Waals surface area contributed by atoms with Gasteiger partial charge < -0.3 is 9.64 Å². The molecule has 0 aromatic carbocycles. The molecule has 1 rings (SSSR count). The summed E-state index contributed by atoms with van der Waals surface area (Å²) in [5.74, 6) is -0.243. The summed E-state index contributed by atoms with van der Waals surface area (Å²) in [7, 11) is 3.52. The molecule has 0 amide bonds. The van der Waals surface area contributed by atoms with Gasteiger partial charge in [0.25, 0.3) is 0 Å². The molecule has 0 bridgehead atoms. The largest absolute Gasteiger partial charge is 0.465 e. The number of esters is 1. The van der Waals surface area contributed by atoms with Crippen molar-refractivity contribution in [3.63, 3.8) is 0 Å². The molecule has 0 aliphatic carbocycles. The van der Waals surface area contributed by atoms with Crippen molar-refractivity contribution in [2.75, 3.05) is 20.7 Å². The maximum atomic E-state index is 11.3. The molecule has 90 valence electrons. The number of unbranched alkanes of at least 4 members (excludes halogenated alkanes) is 1. The van der Waals surface area contributed by atoms with Gasteiger partial charge in [-0.3, -0.25) is 0 Å². The smallest absolute Gasteiger partial charge is 0.348 e. The SMILES string of the molecule is CCCCN(C)Cc1ccc(C(=O)OC)s1. The number of ether oxygens (including phenoxy) is 1. The van der Waals surface area contributed by atoms with E-state index in [1.165, 1.54) is 36.2 Å². The zero-order valence-electron chi connectivity index (χ0n) is 10.2. The molecule has 0 spiro atoms. The second-order valence-electron chi connectivity index (χ2n) is 3.85. The van der Waals surface area contributed by atoms with Gasteiger partial charge in [-0.2, -0.15) is 0 Å². The van der Waals surface area contributed by atoms with Gasteiger partial charge in [-0.25, -0.2) is 4.79 Å². The van der Waals surface area contributed by atoms with Crippen LogP contribution in [0.25, 0.3) is 0 Å². The number of carbonyl (C=O) groups is 1. The van der Waals surface area contributed by atoms with Crippen LogP contribution < -0.4 is 0 Å². The lowest BCUT2D eigenvalue weighted by atomic mass is 10.3. The normalized spacial score (nSPS) is 10.8. The third kappa shape index (κ3) is 3.94. The first-order valence-electron chi connectivity index (χ1n) is 5.53. The monoisotopic (exact) mass is 241 g/mol. The van der Waals surface area contributed by atoms with E-state index in [4.69, 9.17) is 0 Å². The molecule has 0 N–H and O–H groups in total. The molecule has 1 aromatic rings. The predicted octanol–water partition coefficient (Wildman–Crippen LogP) is 2.77. The van der Waals surface area contributed by atoms with Crippen LogP contribution in [0.4, 0.5) is 0 Å². The molecule has 4 heteroatoms. The Morgan fingerprint density at radius 3 is 2.88 bits per heavy atom. The zero-order valence-corrected chi connectivity index (χ0v) is 11.0. The van der Waals surface area contributed by atoms with E-state index < -0.39 is 0 Å². The van der Waals surface area contributed by atoms with Gasteiger partial charge in [0.2, 0.25) is 0 Å². The molecule has 3 nitrogen and oxygen atoms in total. The lowest BCUT2D eigenvalue weighted by molar-refractivity contribution is 0.0606. The summed E-state index contributed by atoms with van der Waals surface area (Å²) in [4.78, 5) is 15.4. The minimum absolute atomic E-state index is 0.243. The van der Waals surface area contributed by atoms with Crippen molar-refractivity contribution in [1.29, 1.82) is 0 Å². The van der Waals surface area contributed by atoms with Crippen molar-refractivity contribution in [2.45, 2.75) is 26.3 Å². The first kappa shape index (κ1) is 13.2. The minimum atomic E-state index is -0.243. The number of methoxy groups -OCH3 is 1. The highest BCUT2D eigenvalue weighted by atomic mass is 32.1. The standard InChI is InChI=1S/C12H19NO2S/c1-4-5-8-13(2)9-10-6-7-11(16-10)12(14)15-3/h6-7H,4-5,8-9H2,1-3H3. The van der Waals surface area contributed by atoms with Crippen LogP contribution in [0.15, 0.2) is 12.1 Å². The van der Waals surface area contributed by atoms with E-state index in [0.717, 1.165) is 13.1 Å². The molecule has 16 heavy (non-hydrogen) atoms. The number of hydrogen-bond acceptors (Lipinski definition) is 4. The summed E-state index contributed by atoms with van der Waals surface area (Å²) in [6.07, 6.45) is 2.42. The van der Waals surface area contributed by atoms with Gasteiger partial charge in [-0.15, -0.1) is 11.3 Å². The fraction of sp³-hybridized carbons (Fsp3) is 0.583. The second kappa shape index (κ2) is 6.66. The Hall–Kier alpha value is -0.870. The molecule has 0 aliphatic heterocycles. The highest BCUT2D eigenvalue weighted by Crippen LogP contribution is 2.18. The van der Waals surface area contributed by atoms with Crippen molar-refractivity contribution in [2.24, 2.45) is 0 Å². The molecule has 1 heterocycles. The third-order valence-electron chi connectivity index (χ3n) is 2.37. The average molecular weight is 241 g/mol. The van der Waals surface area contributed by atoms with Crippen LogP contribution in [0.3, 0.4) is 0 Å². The number of rotatable bonds is 6. The van der Waals surface area contributed by atoms with E-state index in [9.17, 15) is 4.79 Å². The summed E-state index contributed by atoms with van der Waals surface area (Å²) in [6, 6.07) is 3.83. The molecule has 0 saturated carbocycles. The molecular formula is C12H19NO2S. The van der Waals surface area contributed by atoms with E-state index in [1.54, 1.807) is 0 Å². The second-order valence-corrected chi connectivity index (χ2v) is 5.02. The first-order chi connectivity index (χ1) is 7.67. The summed E-state index contributed by atoms with van der Waals surface area (Å²) in [5, 5.41) is 0. The van der Waals surface area contributed by atoms with Crippen molar-refractivity contribution >= 4 is 17.3 Å². The van der Waals surface area contributed by atoms with Crippen LogP contribution in [-0.2, 0) is 11.3 Å². The van der Waals surface area contributed by atoms with Gasteiger partial charge in [0.1, 0.15) is 4.88 Å². The van der Waals surface area contributed by atoms with Crippen molar-refractivity contribution in [3.8, 4) is 0 Å². The average Bonchev–Trinajstić information content (AvgIpc) is 2.73. The van der Waals surface area contributed by atoms with Crippen LogP contribution in [0, 0.1) is 0 Å². The highest BCUT2D eigenvalue weighted by Gasteiger charge is 2.09. The summed E-state index contributed by atoms with van der Waals surface area (Å²) >= 11 is 1.51. The molecule has 0 radical (unpaired) electrons. The Kier molecular flexibility index (Phi) is 5.49. The minimum Gasteiger partial charge on any atom is -0.465 e. The maximum absolute atomic E-state index is 11.3. The Labute approximate surface area is 101 Å². The van der Waals surface area contributed by atoms with Crippen molar-refractivity contribution in [3.05, 3.63) is 21.9 Å². The molecular weight excluding hydrogens is 222 g/mol. The molecule has 0 saturated heterocycles. The van der Waals surface area contributed by atoms with E-state index in [2.05, 4.69) is 23.6 Å². The number of carbonyl (C=O) groups excluding carboxylic acids is 1. The maximum Gasteiger partial charge on any atom is 0.348 e. The Morgan fingerprint density at radius 2 is 2.25 bits per heavy atom. The van der Waals surface area contributed by atoms with Crippen LogP contribution in [0.2, 0.25) is 0 Å². The number of thiophene rings is 1. The van der Waals surface area contributed by atoms with Gasteiger partial charge in [0, 0.05) is 11.4 Å². The zero-order chi connectivity index (χ0) is 12.0. The Bertz CT molecular complexity index is 336. The first-order valence-corrected chi connectivity index (χ1v) is 6.34. The summed E-state index contributed by atoms with van der Waals surface area (Å²) in [6.45, 7) is 4.19. The van der Waals surface area contributed by atoms with Crippen LogP contribution in [0.1, 0.15) is 34.3 Å². The van der Waals surface area contributed by atoms with Crippen molar-refractivity contribution in [1.82, 2.24) is 4.90 Å². The van der Waals surface area contributed by atoms with Crippen LogP contribution >= 0.6 is 11.3 Å². The fourth-order valence-electron chi connectivity index (χ4n) is 1.45. The Balaban J connectivity index is 2.48. The van der Waals surface area contributed by atoms with Gasteiger partial charge in [-0.05, 0) is 32.1 Å². The Morgan fingerprint density at radius 1 is 1.50 bits per heavy atom. The summed E-state index contributed by atoms with van der Waals surface area (Å²) in [5.41, 5.74) is 0. The topological polar surface area (TPSA) is 29.5 Å². The molecule has 0 atom stereocenters.